The number of nitrogens with zero attached hydrogens (tertiary/aromatic N) is 1. The third-order valence-corrected chi connectivity index (χ3v) is 3.96. The highest BCUT2D eigenvalue weighted by Crippen LogP contribution is 2.34. The maximum absolute atomic E-state index is 13.0. The number of halogens is 3. The van der Waals surface area contributed by atoms with Gasteiger partial charge in [0.05, 0.1) is 18.2 Å². The Balaban J connectivity index is 1.97. The summed E-state index contributed by atoms with van der Waals surface area (Å²) >= 11 is 0. The van der Waals surface area contributed by atoms with Crippen LogP contribution in [0.25, 0.3) is 0 Å². The van der Waals surface area contributed by atoms with Gasteiger partial charge in [0, 0.05) is 18.8 Å². The Hall–Kier alpha value is -2.54. The van der Waals surface area contributed by atoms with Gasteiger partial charge in [-0.1, -0.05) is 36.4 Å². The molecule has 2 aromatic carbocycles. The number of aliphatic hydroxyl groups is 1. The summed E-state index contributed by atoms with van der Waals surface area (Å²) < 4.78 is 39.0. The number of carbonyl (C=O) groups excluding carboxylic acids is 1. The average Bonchev–Trinajstić information content (AvgIpc) is 2.64. The third-order valence-electron chi connectivity index (χ3n) is 3.96. The molecule has 1 amide bonds. The van der Waals surface area contributed by atoms with Gasteiger partial charge in [-0.2, -0.15) is 13.2 Å². The van der Waals surface area contributed by atoms with E-state index in [1.54, 1.807) is 0 Å². The van der Waals surface area contributed by atoms with Crippen molar-refractivity contribution in [2.75, 3.05) is 24.5 Å². The Kier molecular flexibility index (Phi) is 6.63. The second kappa shape index (κ2) is 8.71. The largest absolute Gasteiger partial charge is 0.416 e. The van der Waals surface area contributed by atoms with E-state index in [1.807, 2.05) is 42.2 Å². The second-order valence-electron chi connectivity index (χ2n) is 5.75. The molecule has 0 fully saturated rings. The summed E-state index contributed by atoms with van der Waals surface area (Å²) in [5.41, 5.74) is -0.287. The predicted molar refractivity (Wildman–Crippen MR) is 93.7 cm³/mol. The van der Waals surface area contributed by atoms with E-state index < -0.39 is 17.8 Å². The van der Waals surface area contributed by atoms with Crippen LogP contribution in [0.5, 0.6) is 0 Å². The molecule has 0 aliphatic rings. The van der Waals surface area contributed by atoms with Crippen LogP contribution in [0.3, 0.4) is 0 Å². The Morgan fingerprint density at radius 3 is 2.35 bits per heavy atom. The van der Waals surface area contributed by atoms with Crippen molar-refractivity contribution in [3.63, 3.8) is 0 Å². The maximum Gasteiger partial charge on any atom is 0.416 e. The number of hydrogen-bond acceptors (Lipinski definition) is 3. The van der Waals surface area contributed by atoms with Crippen molar-refractivity contribution in [2.24, 2.45) is 0 Å². The van der Waals surface area contributed by atoms with Gasteiger partial charge in [-0.25, -0.2) is 0 Å². The number of benzene rings is 2. The van der Waals surface area contributed by atoms with Gasteiger partial charge in [0.25, 0.3) is 0 Å². The number of nitrogens with one attached hydrogen (secondary N) is 1. The second-order valence-corrected chi connectivity index (χ2v) is 5.75. The number of para-hydroxylation sites is 1. The summed E-state index contributed by atoms with van der Waals surface area (Å²) in [7, 11) is 0. The lowest BCUT2D eigenvalue weighted by Crippen LogP contribution is -2.39. The van der Waals surface area contributed by atoms with Crippen LogP contribution in [0, 0.1) is 0 Å². The number of aliphatic hydroxyl groups excluding tert-OH is 1. The van der Waals surface area contributed by atoms with Gasteiger partial charge in [0.1, 0.15) is 0 Å². The number of anilines is 1. The van der Waals surface area contributed by atoms with Crippen LogP contribution in [0.4, 0.5) is 18.9 Å². The summed E-state index contributed by atoms with van der Waals surface area (Å²) in [4.78, 5) is 13.9. The molecule has 140 valence electrons. The first-order valence-corrected chi connectivity index (χ1v) is 8.23. The molecule has 0 saturated carbocycles. The predicted octanol–water partition coefficient (Wildman–Crippen LogP) is 3.38. The first-order chi connectivity index (χ1) is 12.3. The number of rotatable bonds is 7. The molecule has 7 heteroatoms. The van der Waals surface area contributed by atoms with Crippen molar-refractivity contribution in [2.45, 2.75) is 19.2 Å². The zero-order valence-corrected chi connectivity index (χ0v) is 14.3. The SMILES string of the molecule is CCN(CC(=O)NCC(O)c1ccccc1C(F)(F)F)c1ccccc1. The van der Waals surface area contributed by atoms with Crippen molar-refractivity contribution >= 4 is 11.6 Å². The molecule has 4 nitrogen and oxygen atoms in total. The standard InChI is InChI=1S/C19H21F3N2O2/c1-2-24(14-8-4-3-5-9-14)13-18(26)23-12-17(25)15-10-6-7-11-16(15)19(20,21)22/h3-11,17,25H,2,12-13H2,1H3,(H,23,26). The highest BCUT2D eigenvalue weighted by atomic mass is 19.4. The van der Waals surface area contributed by atoms with Crippen molar-refractivity contribution in [1.29, 1.82) is 0 Å². The van der Waals surface area contributed by atoms with E-state index in [0.29, 0.717) is 6.54 Å². The van der Waals surface area contributed by atoms with Crippen molar-refractivity contribution in [1.82, 2.24) is 5.32 Å². The number of amides is 1. The summed E-state index contributed by atoms with van der Waals surface area (Å²) in [5.74, 6) is -0.376. The molecule has 0 aliphatic heterocycles. The minimum absolute atomic E-state index is 0.0498. The van der Waals surface area contributed by atoms with Crippen LogP contribution in [0.15, 0.2) is 54.6 Å². The van der Waals surface area contributed by atoms with Gasteiger partial charge in [0.2, 0.25) is 5.91 Å². The van der Waals surface area contributed by atoms with Gasteiger partial charge in [-0.3, -0.25) is 4.79 Å². The Labute approximate surface area is 150 Å². The minimum atomic E-state index is -4.56. The molecule has 1 atom stereocenters. The first kappa shape index (κ1) is 19.8. The van der Waals surface area contributed by atoms with Crippen LogP contribution in [0.1, 0.15) is 24.2 Å². The van der Waals surface area contributed by atoms with Gasteiger partial charge in [0.15, 0.2) is 0 Å². The molecular formula is C19H21F3N2O2. The molecule has 0 heterocycles. The van der Waals surface area contributed by atoms with E-state index >= 15 is 0 Å². The van der Waals surface area contributed by atoms with Crippen LogP contribution in [0.2, 0.25) is 0 Å². The first-order valence-electron chi connectivity index (χ1n) is 8.23. The topological polar surface area (TPSA) is 52.6 Å². The molecule has 26 heavy (non-hydrogen) atoms. The fourth-order valence-corrected chi connectivity index (χ4v) is 2.62. The van der Waals surface area contributed by atoms with Crippen LogP contribution in [-0.4, -0.2) is 30.6 Å². The molecule has 2 aromatic rings. The molecule has 1 unspecified atom stereocenters. The molecule has 0 aliphatic carbocycles. The fourth-order valence-electron chi connectivity index (χ4n) is 2.62. The fraction of sp³-hybridized carbons (Fsp3) is 0.316. The Morgan fingerprint density at radius 2 is 1.73 bits per heavy atom. The smallest absolute Gasteiger partial charge is 0.387 e. The van der Waals surface area contributed by atoms with Gasteiger partial charge < -0.3 is 15.3 Å². The summed E-state index contributed by atoms with van der Waals surface area (Å²) in [6.45, 7) is 2.25. The van der Waals surface area contributed by atoms with Crippen LogP contribution < -0.4 is 10.2 Å². The van der Waals surface area contributed by atoms with E-state index in [2.05, 4.69) is 5.32 Å². The van der Waals surface area contributed by atoms with Crippen molar-refractivity contribution < 1.29 is 23.1 Å². The minimum Gasteiger partial charge on any atom is -0.387 e. The monoisotopic (exact) mass is 366 g/mol. The van der Waals surface area contributed by atoms with Gasteiger partial charge >= 0.3 is 6.18 Å². The molecule has 0 bridgehead atoms. The van der Waals surface area contributed by atoms with Crippen molar-refractivity contribution in [3.05, 3.63) is 65.7 Å². The summed E-state index contributed by atoms with van der Waals surface area (Å²) in [6.07, 6.45) is -6.00. The molecule has 2 rings (SSSR count). The van der Waals surface area contributed by atoms with E-state index in [9.17, 15) is 23.1 Å². The third kappa shape index (κ3) is 5.23. The lowest BCUT2D eigenvalue weighted by Gasteiger charge is -2.23. The normalized spacial score (nSPS) is 12.5. The lowest BCUT2D eigenvalue weighted by molar-refractivity contribution is -0.139. The molecule has 0 radical (unpaired) electrons. The summed E-state index contributed by atoms with van der Waals surface area (Å²) in [5, 5.41) is 12.6. The molecule has 0 saturated heterocycles. The number of carbonyl (C=O) groups is 1. The van der Waals surface area contributed by atoms with E-state index in [1.165, 1.54) is 18.2 Å². The lowest BCUT2D eigenvalue weighted by atomic mass is 10.0. The Morgan fingerprint density at radius 1 is 1.12 bits per heavy atom. The van der Waals surface area contributed by atoms with Gasteiger partial charge in [-0.05, 0) is 30.7 Å². The van der Waals surface area contributed by atoms with Crippen molar-refractivity contribution in [3.8, 4) is 0 Å². The molecule has 0 spiro atoms. The van der Waals surface area contributed by atoms with Crippen LogP contribution in [-0.2, 0) is 11.0 Å². The highest BCUT2D eigenvalue weighted by molar-refractivity contribution is 5.81. The van der Waals surface area contributed by atoms with E-state index in [0.717, 1.165) is 11.8 Å². The number of hydrogen-bond donors (Lipinski definition) is 2. The molecular weight excluding hydrogens is 345 g/mol. The Bertz CT molecular complexity index is 720. The highest BCUT2D eigenvalue weighted by Gasteiger charge is 2.34. The zero-order valence-electron chi connectivity index (χ0n) is 14.3. The maximum atomic E-state index is 13.0. The number of alkyl halides is 3. The summed E-state index contributed by atoms with van der Waals surface area (Å²) in [6, 6.07) is 14.1. The van der Waals surface area contributed by atoms with E-state index in [-0.39, 0.29) is 24.6 Å². The van der Waals surface area contributed by atoms with Gasteiger partial charge in [-0.15, -0.1) is 0 Å². The molecule has 2 N–H and O–H groups in total. The van der Waals surface area contributed by atoms with Crippen LogP contribution >= 0.6 is 0 Å². The molecule has 0 aromatic heterocycles. The average molecular weight is 366 g/mol. The zero-order chi connectivity index (χ0) is 19.2. The van der Waals surface area contributed by atoms with E-state index in [4.69, 9.17) is 0 Å². The quantitative estimate of drug-likeness (QED) is 0.790. The number of likely N-dealkylation sites (N-methyl/N-ethyl adjacent to an activating group) is 1.